The molecule has 2 heterocycles. The molecule has 0 atom stereocenters. The summed E-state index contributed by atoms with van der Waals surface area (Å²) in [5.41, 5.74) is 8.65. The van der Waals surface area contributed by atoms with E-state index >= 15 is 0 Å². The quantitative estimate of drug-likeness (QED) is 0.464. The van der Waals surface area contributed by atoms with Crippen LogP contribution in [0, 0.1) is 6.92 Å². The van der Waals surface area contributed by atoms with E-state index in [9.17, 15) is 5.11 Å². The summed E-state index contributed by atoms with van der Waals surface area (Å²) in [6.45, 7) is 1.94. The van der Waals surface area contributed by atoms with Crippen LogP contribution in [-0.2, 0) is 4.84 Å². The second-order valence-corrected chi connectivity index (χ2v) is 5.44. The third-order valence-corrected chi connectivity index (χ3v) is 3.46. The van der Waals surface area contributed by atoms with E-state index < -0.39 is 0 Å². The molecule has 1 aromatic carbocycles. The summed E-state index contributed by atoms with van der Waals surface area (Å²) in [6.07, 6.45) is 4.90. The van der Waals surface area contributed by atoms with Crippen molar-refractivity contribution < 1.29 is 9.94 Å². The van der Waals surface area contributed by atoms with E-state index in [1.165, 1.54) is 13.3 Å². The first kappa shape index (κ1) is 17.3. The number of hydrazone groups is 1. The summed E-state index contributed by atoms with van der Waals surface area (Å²) in [7, 11) is 1.48. The topological polar surface area (TPSA) is 105 Å². The molecule has 0 saturated heterocycles. The molecule has 8 heteroatoms. The van der Waals surface area contributed by atoms with E-state index in [4.69, 9.17) is 4.84 Å². The van der Waals surface area contributed by atoms with Gasteiger partial charge in [-0.2, -0.15) is 10.1 Å². The Kier molecular flexibility index (Phi) is 5.35. The smallest absolute Gasteiger partial charge is 0.249 e. The molecule has 0 aliphatic rings. The minimum Gasteiger partial charge on any atom is -0.507 e. The number of pyridine rings is 1. The number of nitrogens with one attached hydrogen (secondary N) is 2. The van der Waals surface area contributed by atoms with Gasteiger partial charge in [0.25, 0.3) is 0 Å². The fraction of sp³-hybridized carbons (Fsp3) is 0.111. The molecule has 0 aliphatic carbocycles. The number of hydrogen-bond acceptors (Lipinski definition) is 8. The average Bonchev–Trinajstić information content (AvgIpc) is 2.65. The average molecular weight is 350 g/mol. The maximum atomic E-state index is 9.86. The first-order chi connectivity index (χ1) is 12.7. The molecule has 26 heavy (non-hydrogen) atoms. The lowest BCUT2D eigenvalue weighted by molar-refractivity contribution is 0.267. The minimum atomic E-state index is 0.156. The molecule has 0 bridgehead atoms. The van der Waals surface area contributed by atoms with Crippen molar-refractivity contribution in [2.24, 2.45) is 5.10 Å². The number of hydrogen-bond donors (Lipinski definition) is 3. The Morgan fingerprint density at radius 1 is 1.12 bits per heavy atom. The molecular formula is C18H18N6O2. The van der Waals surface area contributed by atoms with Crippen LogP contribution in [0.5, 0.6) is 5.75 Å². The lowest BCUT2D eigenvalue weighted by Crippen LogP contribution is -2.04. The molecule has 0 saturated carbocycles. The second kappa shape index (κ2) is 8.04. The highest BCUT2D eigenvalue weighted by molar-refractivity contribution is 5.84. The second-order valence-electron chi connectivity index (χ2n) is 5.44. The van der Waals surface area contributed by atoms with Gasteiger partial charge in [-0.15, -0.1) is 0 Å². The molecule has 3 N–H and O–H groups in total. The fourth-order valence-corrected chi connectivity index (χ4v) is 2.26. The zero-order valence-electron chi connectivity index (χ0n) is 14.3. The Balaban J connectivity index is 1.85. The number of phenolic OH excluding ortho intramolecular Hbond substituents is 1. The van der Waals surface area contributed by atoms with Crippen molar-refractivity contribution in [3.63, 3.8) is 0 Å². The van der Waals surface area contributed by atoms with Crippen molar-refractivity contribution >= 4 is 18.0 Å². The van der Waals surface area contributed by atoms with Crippen molar-refractivity contribution in [2.45, 2.75) is 6.92 Å². The Morgan fingerprint density at radius 3 is 2.69 bits per heavy atom. The first-order valence-electron chi connectivity index (χ1n) is 7.83. The molecule has 132 valence electrons. The number of aromatic hydroxyl groups is 1. The Morgan fingerprint density at radius 2 is 1.92 bits per heavy atom. The first-order valence-corrected chi connectivity index (χ1v) is 7.83. The van der Waals surface area contributed by atoms with E-state index in [0.717, 1.165) is 11.1 Å². The summed E-state index contributed by atoms with van der Waals surface area (Å²) in [6, 6.07) is 10.7. The van der Waals surface area contributed by atoms with Gasteiger partial charge in [-0.1, -0.05) is 11.6 Å². The lowest BCUT2D eigenvalue weighted by atomic mass is 10.1. The van der Waals surface area contributed by atoms with Crippen molar-refractivity contribution in [3.8, 4) is 17.0 Å². The van der Waals surface area contributed by atoms with E-state index in [0.29, 0.717) is 17.1 Å². The van der Waals surface area contributed by atoms with Gasteiger partial charge in [0, 0.05) is 29.6 Å². The Hall–Kier alpha value is -3.52. The molecule has 8 nitrogen and oxygen atoms in total. The highest BCUT2D eigenvalue weighted by Crippen LogP contribution is 2.21. The van der Waals surface area contributed by atoms with Crippen molar-refractivity contribution in [3.05, 3.63) is 59.9 Å². The van der Waals surface area contributed by atoms with Gasteiger partial charge in [0.1, 0.15) is 5.75 Å². The lowest BCUT2D eigenvalue weighted by Gasteiger charge is -2.08. The molecule has 3 aromatic rings. The summed E-state index contributed by atoms with van der Waals surface area (Å²) in [4.78, 5) is 17.5. The SMILES string of the molecule is CONc1nc(NN=Cc2cc(C)ccc2O)cc(-c2ccncc2)n1. The molecule has 0 spiro atoms. The number of nitrogens with zero attached hydrogens (tertiary/aromatic N) is 4. The number of anilines is 2. The highest BCUT2D eigenvalue weighted by atomic mass is 16.6. The van der Waals surface area contributed by atoms with Crippen LogP contribution < -0.4 is 10.9 Å². The summed E-state index contributed by atoms with van der Waals surface area (Å²) >= 11 is 0. The van der Waals surface area contributed by atoms with Gasteiger partial charge in [0.05, 0.1) is 19.0 Å². The zero-order chi connectivity index (χ0) is 18.4. The Bertz CT molecular complexity index is 915. The minimum absolute atomic E-state index is 0.156. The molecule has 0 radical (unpaired) electrons. The van der Waals surface area contributed by atoms with Gasteiger partial charge in [-0.25, -0.2) is 10.5 Å². The van der Waals surface area contributed by atoms with Gasteiger partial charge < -0.3 is 5.11 Å². The summed E-state index contributed by atoms with van der Waals surface area (Å²) in [5, 5.41) is 14.0. The maximum Gasteiger partial charge on any atom is 0.249 e. The number of phenols is 1. The normalized spacial score (nSPS) is 10.8. The third kappa shape index (κ3) is 4.31. The summed E-state index contributed by atoms with van der Waals surface area (Å²) in [5.74, 6) is 0.913. The van der Waals surface area contributed by atoms with Crippen LogP contribution in [0.1, 0.15) is 11.1 Å². The van der Waals surface area contributed by atoms with Gasteiger partial charge in [-0.3, -0.25) is 15.2 Å². The van der Waals surface area contributed by atoms with Crippen LogP contribution in [0.3, 0.4) is 0 Å². The van der Waals surface area contributed by atoms with Crippen LogP contribution in [-0.4, -0.2) is 33.4 Å². The highest BCUT2D eigenvalue weighted by Gasteiger charge is 2.06. The van der Waals surface area contributed by atoms with Crippen LogP contribution in [0.2, 0.25) is 0 Å². The van der Waals surface area contributed by atoms with Crippen molar-refractivity contribution in [2.75, 3.05) is 18.0 Å². The van der Waals surface area contributed by atoms with Gasteiger partial charge in [0.15, 0.2) is 5.82 Å². The standard InChI is InChI=1S/C18H18N6O2/c1-12-3-4-16(25)14(9-12)11-20-23-17-10-15(13-5-7-19-8-6-13)21-18(22-17)24-26-2/h3-11,25H,1-2H3,(H2,21,22,23,24). The van der Waals surface area contributed by atoms with Crippen LogP contribution in [0.4, 0.5) is 11.8 Å². The number of rotatable bonds is 6. The predicted octanol–water partition coefficient (Wildman–Crippen LogP) is 2.97. The molecule has 0 fully saturated rings. The summed E-state index contributed by atoms with van der Waals surface area (Å²) < 4.78 is 0. The van der Waals surface area contributed by atoms with Gasteiger partial charge >= 0.3 is 0 Å². The largest absolute Gasteiger partial charge is 0.507 e. The molecule has 0 amide bonds. The van der Waals surface area contributed by atoms with Crippen LogP contribution in [0.25, 0.3) is 11.3 Å². The molecule has 2 aromatic heterocycles. The zero-order valence-corrected chi connectivity index (χ0v) is 14.3. The fourth-order valence-electron chi connectivity index (χ4n) is 2.26. The van der Waals surface area contributed by atoms with Crippen molar-refractivity contribution in [1.82, 2.24) is 15.0 Å². The van der Waals surface area contributed by atoms with E-state index in [1.807, 2.05) is 31.2 Å². The van der Waals surface area contributed by atoms with E-state index in [1.54, 1.807) is 24.5 Å². The maximum absolute atomic E-state index is 9.86. The van der Waals surface area contributed by atoms with E-state index in [2.05, 4.69) is 31.0 Å². The van der Waals surface area contributed by atoms with Crippen LogP contribution >= 0.6 is 0 Å². The van der Waals surface area contributed by atoms with Crippen molar-refractivity contribution in [1.29, 1.82) is 0 Å². The monoisotopic (exact) mass is 350 g/mol. The van der Waals surface area contributed by atoms with Gasteiger partial charge in [0.2, 0.25) is 5.95 Å². The number of aryl methyl sites for hydroxylation is 1. The number of benzene rings is 1. The predicted molar refractivity (Wildman–Crippen MR) is 100.0 cm³/mol. The van der Waals surface area contributed by atoms with Gasteiger partial charge in [-0.05, 0) is 31.2 Å². The molecule has 0 unspecified atom stereocenters. The third-order valence-electron chi connectivity index (χ3n) is 3.46. The van der Waals surface area contributed by atoms with Crippen LogP contribution in [0.15, 0.2) is 53.9 Å². The van der Waals surface area contributed by atoms with E-state index in [-0.39, 0.29) is 11.7 Å². The molecular weight excluding hydrogens is 332 g/mol. The molecule has 3 rings (SSSR count). The Labute approximate surface area is 150 Å². The number of aromatic nitrogens is 3. The molecule has 0 aliphatic heterocycles.